The van der Waals surface area contributed by atoms with Crippen LogP contribution < -0.4 is 10.2 Å². The quantitative estimate of drug-likeness (QED) is 0.738. The Morgan fingerprint density at radius 2 is 1.96 bits per heavy atom. The normalized spacial score (nSPS) is 16.3. The van der Waals surface area contributed by atoms with Gasteiger partial charge in [0.1, 0.15) is 18.0 Å². The Morgan fingerprint density at radius 3 is 2.65 bits per heavy atom. The van der Waals surface area contributed by atoms with Crippen LogP contribution in [-0.4, -0.2) is 39.4 Å². The largest absolute Gasteiger partial charge is 0.394 e. The summed E-state index contributed by atoms with van der Waals surface area (Å²) in [6, 6.07) is 8.12. The highest BCUT2D eigenvalue weighted by atomic mass is 16.3. The van der Waals surface area contributed by atoms with Crippen molar-refractivity contribution in [2.24, 2.45) is 5.92 Å². The highest BCUT2D eigenvalue weighted by molar-refractivity contribution is 5.51. The van der Waals surface area contributed by atoms with Gasteiger partial charge < -0.3 is 20.4 Å². The molecule has 140 valence electrons. The van der Waals surface area contributed by atoms with Gasteiger partial charge in [-0.25, -0.2) is 9.97 Å². The molecule has 26 heavy (non-hydrogen) atoms. The SMILES string of the molecule is CC(C)[C@@H](CO)Nc1cc(N2CCc3cc([C@H](C)O)ccc3C2)ncn1. The van der Waals surface area contributed by atoms with E-state index in [4.69, 9.17) is 0 Å². The summed E-state index contributed by atoms with van der Waals surface area (Å²) in [5, 5.41) is 22.6. The molecule has 1 aliphatic heterocycles. The number of nitrogens with one attached hydrogen (secondary N) is 1. The average Bonchev–Trinajstić information content (AvgIpc) is 2.65. The number of hydrogen-bond donors (Lipinski definition) is 3. The van der Waals surface area contributed by atoms with Crippen molar-refractivity contribution >= 4 is 11.6 Å². The summed E-state index contributed by atoms with van der Waals surface area (Å²) < 4.78 is 0. The van der Waals surface area contributed by atoms with Crippen LogP contribution >= 0.6 is 0 Å². The van der Waals surface area contributed by atoms with Gasteiger partial charge in [-0.2, -0.15) is 0 Å². The summed E-state index contributed by atoms with van der Waals surface area (Å²) >= 11 is 0. The van der Waals surface area contributed by atoms with E-state index >= 15 is 0 Å². The average molecular weight is 356 g/mol. The predicted octanol–water partition coefficient (Wildman–Crippen LogP) is 2.52. The zero-order valence-corrected chi connectivity index (χ0v) is 15.7. The lowest BCUT2D eigenvalue weighted by Crippen LogP contribution is -2.32. The van der Waals surface area contributed by atoms with E-state index in [-0.39, 0.29) is 12.6 Å². The van der Waals surface area contributed by atoms with Crippen molar-refractivity contribution in [1.82, 2.24) is 9.97 Å². The number of aliphatic hydroxyl groups excluding tert-OH is 2. The molecule has 2 aromatic rings. The van der Waals surface area contributed by atoms with Crippen molar-refractivity contribution in [2.45, 2.75) is 45.9 Å². The van der Waals surface area contributed by atoms with Gasteiger partial charge in [0.2, 0.25) is 0 Å². The number of benzene rings is 1. The van der Waals surface area contributed by atoms with Gasteiger partial charge in [-0.3, -0.25) is 0 Å². The molecule has 2 heterocycles. The molecule has 1 aromatic heterocycles. The minimum absolute atomic E-state index is 0.0290. The molecule has 0 spiro atoms. The maximum Gasteiger partial charge on any atom is 0.134 e. The molecule has 6 nitrogen and oxygen atoms in total. The van der Waals surface area contributed by atoms with Gasteiger partial charge in [0.25, 0.3) is 0 Å². The van der Waals surface area contributed by atoms with Gasteiger partial charge in [-0.15, -0.1) is 0 Å². The van der Waals surface area contributed by atoms with E-state index in [1.54, 1.807) is 13.3 Å². The number of anilines is 2. The van der Waals surface area contributed by atoms with Gasteiger partial charge in [0.05, 0.1) is 18.8 Å². The van der Waals surface area contributed by atoms with Crippen molar-refractivity contribution in [1.29, 1.82) is 0 Å². The molecule has 3 rings (SSSR count). The summed E-state index contributed by atoms with van der Waals surface area (Å²) in [5.74, 6) is 1.93. The van der Waals surface area contributed by atoms with Crippen LogP contribution in [0.3, 0.4) is 0 Å². The lowest BCUT2D eigenvalue weighted by atomic mass is 9.96. The van der Waals surface area contributed by atoms with E-state index in [1.165, 1.54) is 11.1 Å². The number of aliphatic hydroxyl groups is 2. The molecule has 6 heteroatoms. The van der Waals surface area contributed by atoms with Crippen LogP contribution in [0.15, 0.2) is 30.6 Å². The molecule has 0 saturated heterocycles. The maximum atomic E-state index is 9.76. The second-order valence-corrected chi connectivity index (χ2v) is 7.31. The van der Waals surface area contributed by atoms with Gasteiger partial charge in [0.15, 0.2) is 0 Å². The zero-order valence-electron chi connectivity index (χ0n) is 15.7. The Hall–Kier alpha value is -2.18. The highest BCUT2D eigenvalue weighted by Gasteiger charge is 2.20. The van der Waals surface area contributed by atoms with Crippen LogP contribution in [0.2, 0.25) is 0 Å². The first-order valence-electron chi connectivity index (χ1n) is 9.22. The molecule has 0 bridgehead atoms. The Morgan fingerprint density at radius 1 is 1.15 bits per heavy atom. The summed E-state index contributed by atoms with van der Waals surface area (Å²) in [6.07, 6.45) is 2.06. The maximum absolute atomic E-state index is 9.76. The fourth-order valence-corrected chi connectivity index (χ4v) is 3.24. The molecular weight excluding hydrogens is 328 g/mol. The fraction of sp³-hybridized carbons (Fsp3) is 0.500. The number of rotatable bonds is 6. The van der Waals surface area contributed by atoms with Crippen molar-refractivity contribution in [3.63, 3.8) is 0 Å². The van der Waals surface area contributed by atoms with Crippen molar-refractivity contribution in [3.05, 3.63) is 47.3 Å². The van der Waals surface area contributed by atoms with E-state index in [0.717, 1.165) is 36.7 Å². The Labute approximate surface area is 154 Å². The Kier molecular flexibility index (Phi) is 5.74. The Bertz CT molecular complexity index is 748. The number of hydrogen-bond acceptors (Lipinski definition) is 6. The second kappa shape index (κ2) is 8.01. The number of fused-ring (bicyclic) bond motifs is 1. The van der Waals surface area contributed by atoms with Gasteiger partial charge in [0, 0.05) is 19.2 Å². The summed E-state index contributed by atoms with van der Waals surface area (Å²) in [6.45, 7) is 7.67. The molecular formula is C20H28N4O2. The minimum atomic E-state index is -0.436. The van der Waals surface area contributed by atoms with Crippen LogP contribution in [0.1, 0.15) is 43.6 Å². The molecule has 0 radical (unpaired) electrons. The summed E-state index contributed by atoms with van der Waals surface area (Å²) in [7, 11) is 0. The van der Waals surface area contributed by atoms with Crippen LogP contribution in [0.5, 0.6) is 0 Å². The van der Waals surface area contributed by atoms with E-state index in [1.807, 2.05) is 12.1 Å². The van der Waals surface area contributed by atoms with E-state index in [0.29, 0.717) is 5.92 Å². The van der Waals surface area contributed by atoms with E-state index in [2.05, 4.69) is 46.2 Å². The third kappa shape index (κ3) is 4.14. The van der Waals surface area contributed by atoms with Gasteiger partial charge in [-0.05, 0) is 36.0 Å². The van der Waals surface area contributed by atoms with Gasteiger partial charge in [-0.1, -0.05) is 32.0 Å². The molecule has 0 aliphatic carbocycles. The molecule has 2 atom stereocenters. The first-order valence-corrected chi connectivity index (χ1v) is 9.22. The van der Waals surface area contributed by atoms with Crippen LogP contribution in [-0.2, 0) is 13.0 Å². The molecule has 1 aliphatic rings. The lowest BCUT2D eigenvalue weighted by molar-refractivity contribution is 0.199. The molecule has 1 aromatic carbocycles. The molecule has 0 fully saturated rings. The smallest absolute Gasteiger partial charge is 0.134 e. The van der Waals surface area contributed by atoms with Crippen LogP contribution in [0.4, 0.5) is 11.6 Å². The number of aromatic nitrogens is 2. The molecule has 0 saturated carbocycles. The van der Waals surface area contributed by atoms with E-state index in [9.17, 15) is 10.2 Å². The van der Waals surface area contributed by atoms with E-state index < -0.39 is 6.10 Å². The second-order valence-electron chi connectivity index (χ2n) is 7.31. The molecule has 3 N–H and O–H groups in total. The van der Waals surface area contributed by atoms with Crippen molar-refractivity contribution in [3.8, 4) is 0 Å². The third-order valence-electron chi connectivity index (χ3n) is 5.04. The minimum Gasteiger partial charge on any atom is -0.394 e. The highest BCUT2D eigenvalue weighted by Crippen LogP contribution is 2.26. The summed E-state index contributed by atoms with van der Waals surface area (Å²) in [4.78, 5) is 11.0. The molecule has 0 unspecified atom stereocenters. The fourth-order valence-electron chi connectivity index (χ4n) is 3.24. The van der Waals surface area contributed by atoms with Crippen LogP contribution in [0.25, 0.3) is 0 Å². The predicted molar refractivity (Wildman–Crippen MR) is 103 cm³/mol. The van der Waals surface area contributed by atoms with Crippen LogP contribution in [0, 0.1) is 5.92 Å². The van der Waals surface area contributed by atoms with Crippen molar-refractivity contribution in [2.75, 3.05) is 23.4 Å². The Balaban J connectivity index is 1.75. The zero-order chi connectivity index (χ0) is 18.7. The standard InChI is InChI=1S/C20H28N4O2/c1-13(2)18(11-25)23-19-9-20(22-12-21-19)24-7-6-16-8-15(14(3)26)4-5-17(16)10-24/h4-5,8-9,12-14,18,25-26H,6-7,10-11H2,1-3H3,(H,21,22,23)/t14-,18+/m0/s1. The third-order valence-corrected chi connectivity index (χ3v) is 5.04. The first-order chi connectivity index (χ1) is 12.5. The topological polar surface area (TPSA) is 81.5 Å². The van der Waals surface area contributed by atoms with Crippen molar-refractivity contribution < 1.29 is 10.2 Å². The van der Waals surface area contributed by atoms with Gasteiger partial charge >= 0.3 is 0 Å². The monoisotopic (exact) mass is 356 g/mol. The number of nitrogens with zero attached hydrogens (tertiary/aromatic N) is 3. The summed E-state index contributed by atoms with van der Waals surface area (Å²) in [5.41, 5.74) is 3.53. The first kappa shape index (κ1) is 18.6. The lowest BCUT2D eigenvalue weighted by Gasteiger charge is -2.30. The molecule has 0 amide bonds.